The van der Waals surface area contributed by atoms with Gasteiger partial charge in [0, 0.05) is 5.39 Å². The molecule has 0 aliphatic carbocycles. The Balaban J connectivity index is 2.35. The Morgan fingerprint density at radius 1 is 1.40 bits per heavy atom. The van der Waals surface area contributed by atoms with Crippen LogP contribution in [0.25, 0.3) is 10.9 Å². The van der Waals surface area contributed by atoms with Crippen LogP contribution in [0.15, 0.2) is 24.4 Å². The highest BCUT2D eigenvalue weighted by Gasteiger charge is 2.17. The van der Waals surface area contributed by atoms with Crippen molar-refractivity contribution in [3.63, 3.8) is 0 Å². The molecule has 0 aliphatic rings. The average Bonchev–Trinajstić information content (AvgIpc) is 2.73. The van der Waals surface area contributed by atoms with E-state index in [0.29, 0.717) is 5.56 Å². The summed E-state index contributed by atoms with van der Waals surface area (Å²) in [6.07, 6.45) is -0.239. The van der Waals surface area contributed by atoms with E-state index in [9.17, 15) is 10.2 Å². The number of H-pyrrole nitrogens is 1. The fraction of sp³-hybridized carbons (Fsp3) is 0.300. The number of rotatable bonds is 3. The summed E-state index contributed by atoms with van der Waals surface area (Å²) in [6.45, 7) is 0. The molecule has 2 aromatic rings. The maximum atomic E-state index is 9.72. The van der Waals surface area contributed by atoms with Gasteiger partial charge in [-0.25, -0.2) is 0 Å². The molecule has 4 nitrogen and oxygen atoms in total. The van der Waals surface area contributed by atoms with Crippen LogP contribution >= 0.6 is 11.6 Å². The van der Waals surface area contributed by atoms with Gasteiger partial charge in [-0.3, -0.25) is 5.10 Å². The minimum Gasteiger partial charge on any atom is -0.389 e. The van der Waals surface area contributed by atoms with Gasteiger partial charge in [-0.15, -0.1) is 11.6 Å². The Labute approximate surface area is 91.5 Å². The van der Waals surface area contributed by atoms with E-state index < -0.39 is 12.2 Å². The van der Waals surface area contributed by atoms with Crippen LogP contribution in [0.5, 0.6) is 0 Å². The molecular formula is C10H11ClN2O2. The summed E-state index contributed by atoms with van der Waals surface area (Å²) in [7, 11) is 0. The van der Waals surface area contributed by atoms with Crippen molar-refractivity contribution in [1.29, 1.82) is 0 Å². The topological polar surface area (TPSA) is 69.1 Å². The van der Waals surface area contributed by atoms with Gasteiger partial charge < -0.3 is 10.2 Å². The predicted molar refractivity (Wildman–Crippen MR) is 57.8 cm³/mol. The minimum absolute atomic E-state index is 0.00455. The van der Waals surface area contributed by atoms with E-state index in [1.807, 2.05) is 6.07 Å². The highest BCUT2D eigenvalue weighted by atomic mass is 35.5. The lowest BCUT2D eigenvalue weighted by atomic mass is 10.0. The molecule has 0 saturated heterocycles. The number of aliphatic hydroxyl groups is 2. The molecule has 0 fully saturated rings. The number of nitrogens with zero attached hydrogens (tertiary/aromatic N) is 1. The third-order valence-corrected chi connectivity index (χ3v) is 2.64. The Hall–Kier alpha value is -1.10. The van der Waals surface area contributed by atoms with Gasteiger partial charge in [0.2, 0.25) is 0 Å². The quantitative estimate of drug-likeness (QED) is 0.689. The summed E-state index contributed by atoms with van der Waals surface area (Å²) in [5.74, 6) is 0.00455. The van der Waals surface area contributed by atoms with Crippen molar-refractivity contribution < 1.29 is 10.2 Å². The summed E-state index contributed by atoms with van der Waals surface area (Å²) in [6, 6.07) is 5.32. The van der Waals surface area contributed by atoms with E-state index in [1.54, 1.807) is 18.3 Å². The van der Waals surface area contributed by atoms with E-state index in [1.165, 1.54) is 0 Å². The lowest BCUT2D eigenvalue weighted by molar-refractivity contribution is 0.0328. The van der Waals surface area contributed by atoms with Gasteiger partial charge in [0.05, 0.1) is 23.7 Å². The van der Waals surface area contributed by atoms with Crippen molar-refractivity contribution >= 4 is 22.5 Å². The second-order valence-corrected chi connectivity index (χ2v) is 3.69. The van der Waals surface area contributed by atoms with Crippen LogP contribution in [0.2, 0.25) is 0 Å². The minimum atomic E-state index is -0.957. The lowest BCUT2D eigenvalue weighted by Crippen LogP contribution is -2.19. The largest absolute Gasteiger partial charge is 0.389 e. The molecule has 2 atom stereocenters. The molecule has 0 amide bonds. The van der Waals surface area contributed by atoms with Crippen LogP contribution in [0.4, 0.5) is 0 Å². The second kappa shape index (κ2) is 4.18. The monoisotopic (exact) mass is 226 g/mol. The number of aromatic amines is 1. The Morgan fingerprint density at radius 2 is 2.20 bits per heavy atom. The first-order chi connectivity index (χ1) is 7.22. The van der Waals surface area contributed by atoms with Crippen molar-refractivity contribution in [2.75, 3.05) is 5.88 Å². The molecule has 0 saturated carbocycles. The predicted octanol–water partition coefficient (Wildman–Crippen LogP) is 1.20. The number of aromatic nitrogens is 2. The SMILES string of the molecule is OC(CCl)C(O)c1ccc2[nH]ncc2c1. The molecule has 15 heavy (non-hydrogen) atoms. The fourth-order valence-corrected chi connectivity index (χ4v) is 1.62. The first-order valence-corrected chi connectivity index (χ1v) is 5.11. The van der Waals surface area contributed by atoms with Crippen LogP contribution in [-0.2, 0) is 0 Å². The van der Waals surface area contributed by atoms with E-state index in [4.69, 9.17) is 11.6 Å². The number of fused-ring (bicyclic) bond motifs is 1. The van der Waals surface area contributed by atoms with Crippen molar-refractivity contribution in [3.8, 4) is 0 Å². The Morgan fingerprint density at radius 3 is 2.93 bits per heavy atom. The van der Waals surface area contributed by atoms with Crippen molar-refractivity contribution in [2.24, 2.45) is 0 Å². The van der Waals surface area contributed by atoms with Gasteiger partial charge in [-0.1, -0.05) is 6.07 Å². The molecule has 1 heterocycles. The molecule has 0 aliphatic heterocycles. The molecule has 80 valence electrons. The van der Waals surface area contributed by atoms with Gasteiger partial charge in [-0.2, -0.15) is 5.10 Å². The first-order valence-electron chi connectivity index (χ1n) is 4.57. The Bertz CT molecular complexity index is 457. The normalized spacial score (nSPS) is 15.4. The highest BCUT2D eigenvalue weighted by Crippen LogP contribution is 2.21. The van der Waals surface area contributed by atoms with Crippen molar-refractivity contribution in [1.82, 2.24) is 10.2 Å². The molecule has 5 heteroatoms. The fourth-order valence-electron chi connectivity index (χ4n) is 1.45. The highest BCUT2D eigenvalue weighted by molar-refractivity contribution is 6.18. The third-order valence-electron chi connectivity index (χ3n) is 2.33. The number of nitrogens with one attached hydrogen (secondary N) is 1. The molecule has 1 aromatic carbocycles. The number of halogens is 1. The number of alkyl halides is 1. The second-order valence-electron chi connectivity index (χ2n) is 3.38. The molecule has 0 radical (unpaired) electrons. The van der Waals surface area contributed by atoms with Crippen LogP contribution < -0.4 is 0 Å². The molecule has 2 rings (SSSR count). The number of aliphatic hydroxyl groups excluding tert-OH is 2. The molecule has 2 unspecified atom stereocenters. The summed E-state index contributed by atoms with van der Waals surface area (Å²) < 4.78 is 0. The molecule has 0 spiro atoms. The lowest BCUT2D eigenvalue weighted by Gasteiger charge is -2.15. The van der Waals surface area contributed by atoms with Crippen LogP contribution in [0.3, 0.4) is 0 Å². The number of hydrogen-bond acceptors (Lipinski definition) is 3. The van der Waals surface area contributed by atoms with E-state index in [-0.39, 0.29) is 5.88 Å². The Kier molecular flexibility index (Phi) is 2.90. The van der Waals surface area contributed by atoms with Crippen LogP contribution in [0.1, 0.15) is 11.7 Å². The summed E-state index contributed by atoms with van der Waals surface area (Å²) in [5.41, 5.74) is 1.53. The maximum absolute atomic E-state index is 9.72. The van der Waals surface area contributed by atoms with Crippen molar-refractivity contribution in [3.05, 3.63) is 30.0 Å². The van der Waals surface area contributed by atoms with E-state index in [0.717, 1.165) is 10.9 Å². The van der Waals surface area contributed by atoms with E-state index in [2.05, 4.69) is 10.2 Å². The number of hydrogen-bond donors (Lipinski definition) is 3. The standard InChI is InChI=1S/C10H11ClN2O2/c11-4-9(14)10(15)6-1-2-8-7(3-6)5-12-13-8/h1-3,5,9-10,14-15H,4H2,(H,12,13). The molecule has 1 aromatic heterocycles. The summed E-state index contributed by atoms with van der Waals surface area (Å²) >= 11 is 5.47. The smallest absolute Gasteiger partial charge is 0.106 e. The molecule has 0 bridgehead atoms. The van der Waals surface area contributed by atoms with Gasteiger partial charge in [0.25, 0.3) is 0 Å². The van der Waals surface area contributed by atoms with Crippen LogP contribution in [-0.4, -0.2) is 32.4 Å². The van der Waals surface area contributed by atoms with E-state index >= 15 is 0 Å². The maximum Gasteiger partial charge on any atom is 0.106 e. The first kappa shape index (κ1) is 10.4. The average molecular weight is 227 g/mol. The molecular weight excluding hydrogens is 216 g/mol. The zero-order valence-corrected chi connectivity index (χ0v) is 8.65. The number of benzene rings is 1. The van der Waals surface area contributed by atoms with Gasteiger partial charge in [0.15, 0.2) is 0 Å². The van der Waals surface area contributed by atoms with Crippen molar-refractivity contribution in [2.45, 2.75) is 12.2 Å². The van der Waals surface area contributed by atoms with Crippen LogP contribution in [0, 0.1) is 0 Å². The summed E-state index contributed by atoms with van der Waals surface area (Å²) in [5, 5.41) is 26.7. The zero-order chi connectivity index (χ0) is 10.8. The summed E-state index contributed by atoms with van der Waals surface area (Å²) in [4.78, 5) is 0. The van der Waals surface area contributed by atoms with Gasteiger partial charge in [0.1, 0.15) is 6.10 Å². The zero-order valence-electron chi connectivity index (χ0n) is 7.89. The van der Waals surface area contributed by atoms with Gasteiger partial charge >= 0.3 is 0 Å². The van der Waals surface area contributed by atoms with Gasteiger partial charge in [-0.05, 0) is 17.7 Å². The molecule has 3 N–H and O–H groups in total. The third kappa shape index (κ3) is 1.97.